The van der Waals surface area contributed by atoms with Gasteiger partial charge in [0.25, 0.3) is 0 Å². The molecule has 0 aliphatic rings. The van der Waals surface area contributed by atoms with E-state index in [1.54, 1.807) is 14.0 Å². The zero-order chi connectivity index (χ0) is 14.3. The van der Waals surface area contributed by atoms with Crippen LogP contribution in [0.5, 0.6) is 5.75 Å². The van der Waals surface area contributed by atoms with Crippen LogP contribution < -0.4 is 15.8 Å². The number of methoxy groups -OCH3 is 2. The second-order valence-electron chi connectivity index (χ2n) is 3.70. The Bertz CT molecular complexity index is 420. The van der Waals surface area contributed by atoms with Gasteiger partial charge < -0.3 is 25.3 Å². The highest BCUT2D eigenvalue weighted by Gasteiger charge is 2.22. The van der Waals surface area contributed by atoms with Gasteiger partial charge in [-0.25, -0.2) is 4.79 Å². The van der Waals surface area contributed by atoms with Gasteiger partial charge in [0.05, 0.1) is 13.7 Å². The Balaban J connectivity index is 2.80. The van der Waals surface area contributed by atoms with Gasteiger partial charge in [0.2, 0.25) is 0 Å². The van der Waals surface area contributed by atoms with E-state index in [0.29, 0.717) is 36.1 Å². The molecule has 1 rings (SSSR count). The van der Waals surface area contributed by atoms with Crippen molar-refractivity contribution in [2.24, 2.45) is 0 Å². The largest absolute Gasteiger partial charge is 0.492 e. The van der Waals surface area contributed by atoms with Gasteiger partial charge in [-0.1, -0.05) is 0 Å². The molecule has 108 valence electrons. The van der Waals surface area contributed by atoms with Crippen LogP contribution in [0.25, 0.3) is 0 Å². The maximum Gasteiger partial charge on any atom is 0.350 e. The number of esters is 1. The third-order valence-corrected chi connectivity index (χ3v) is 3.50. The van der Waals surface area contributed by atoms with Gasteiger partial charge in [-0.3, -0.25) is 0 Å². The third-order valence-electron chi connectivity index (χ3n) is 2.38. The lowest BCUT2D eigenvalue weighted by Crippen LogP contribution is -2.05. The minimum Gasteiger partial charge on any atom is -0.492 e. The van der Waals surface area contributed by atoms with E-state index in [-0.39, 0.29) is 0 Å². The fourth-order valence-corrected chi connectivity index (χ4v) is 2.52. The summed E-state index contributed by atoms with van der Waals surface area (Å²) in [7, 11) is 3.18. The Morgan fingerprint density at radius 2 is 2.16 bits per heavy atom. The molecule has 0 radical (unpaired) electrons. The molecular weight excluding hydrogens is 268 g/mol. The first-order chi connectivity index (χ1) is 9.15. The van der Waals surface area contributed by atoms with Crippen molar-refractivity contribution < 1.29 is 19.0 Å². The molecule has 1 aromatic heterocycles. The molecule has 0 aromatic carbocycles. The Morgan fingerprint density at radius 3 is 2.74 bits per heavy atom. The number of hydrogen-bond acceptors (Lipinski definition) is 7. The average molecular weight is 288 g/mol. The summed E-state index contributed by atoms with van der Waals surface area (Å²) in [5, 5.41) is 3.92. The first-order valence-electron chi connectivity index (χ1n) is 6.01. The van der Waals surface area contributed by atoms with Crippen molar-refractivity contribution in [3.8, 4) is 5.75 Å². The summed E-state index contributed by atoms with van der Waals surface area (Å²) in [6.45, 7) is 3.45. The number of nitrogens with two attached hydrogens (primary N) is 1. The number of ether oxygens (including phenoxy) is 3. The predicted molar refractivity (Wildman–Crippen MR) is 76.2 cm³/mol. The molecular formula is C12H20N2O4S. The van der Waals surface area contributed by atoms with Crippen molar-refractivity contribution in [1.29, 1.82) is 0 Å². The van der Waals surface area contributed by atoms with Crippen LogP contribution in [0.1, 0.15) is 23.0 Å². The first kappa shape index (κ1) is 15.6. The van der Waals surface area contributed by atoms with Crippen LogP contribution in [0.15, 0.2) is 0 Å². The molecule has 0 atom stereocenters. The molecule has 3 N–H and O–H groups in total. The minimum absolute atomic E-state index is 0.315. The maximum atomic E-state index is 11.7. The molecule has 0 saturated carbocycles. The summed E-state index contributed by atoms with van der Waals surface area (Å²) in [5.74, 6) is 0.0683. The summed E-state index contributed by atoms with van der Waals surface area (Å²) < 4.78 is 15.1. The predicted octanol–water partition coefficient (Wildman–Crippen LogP) is 1.96. The molecule has 1 aromatic rings. The Kier molecular flexibility index (Phi) is 6.44. The van der Waals surface area contributed by atoms with E-state index in [1.165, 1.54) is 18.4 Å². The molecule has 0 saturated heterocycles. The number of nitrogens with one attached hydrogen (secondary N) is 1. The first-order valence-corrected chi connectivity index (χ1v) is 6.83. The van der Waals surface area contributed by atoms with E-state index in [4.69, 9.17) is 19.9 Å². The van der Waals surface area contributed by atoms with E-state index in [0.717, 1.165) is 11.4 Å². The van der Waals surface area contributed by atoms with Crippen LogP contribution in [0, 0.1) is 0 Å². The molecule has 0 aliphatic carbocycles. The quantitative estimate of drug-likeness (QED) is 0.562. The minimum atomic E-state index is -0.423. The lowest BCUT2D eigenvalue weighted by Gasteiger charge is -2.06. The number of carbonyl (C=O) groups excluding carboxylic acids is 1. The Hall–Kier alpha value is -1.47. The summed E-state index contributed by atoms with van der Waals surface area (Å²) in [4.78, 5) is 12.1. The van der Waals surface area contributed by atoms with Gasteiger partial charge in [-0.15, -0.1) is 11.3 Å². The van der Waals surface area contributed by atoms with Crippen molar-refractivity contribution in [2.75, 3.05) is 45.0 Å². The van der Waals surface area contributed by atoms with E-state index in [2.05, 4.69) is 5.32 Å². The van der Waals surface area contributed by atoms with E-state index < -0.39 is 5.97 Å². The van der Waals surface area contributed by atoms with Gasteiger partial charge in [-0.2, -0.15) is 0 Å². The maximum absolute atomic E-state index is 11.7. The highest BCUT2D eigenvalue weighted by molar-refractivity contribution is 7.19. The zero-order valence-corrected chi connectivity index (χ0v) is 12.3. The molecule has 0 bridgehead atoms. The summed E-state index contributed by atoms with van der Waals surface area (Å²) in [5.41, 5.74) is 6.22. The molecule has 7 heteroatoms. The van der Waals surface area contributed by atoms with Crippen molar-refractivity contribution in [2.45, 2.75) is 13.3 Å². The molecule has 0 amide bonds. The van der Waals surface area contributed by atoms with Crippen molar-refractivity contribution in [3.63, 3.8) is 0 Å². The SMILES string of the molecule is CCOC(=O)c1sc(NCCCOC)c(OC)c1N. The van der Waals surface area contributed by atoms with E-state index >= 15 is 0 Å². The van der Waals surface area contributed by atoms with Gasteiger partial charge in [0.15, 0.2) is 5.75 Å². The Morgan fingerprint density at radius 1 is 1.42 bits per heavy atom. The molecule has 0 spiro atoms. The smallest absolute Gasteiger partial charge is 0.350 e. The highest BCUT2D eigenvalue weighted by atomic mass is 32.1. The van der Waals surface area contributed by atoms with Crippen molar-refractivity contribution in [1.82, 2.24) is 0 Å². The van der Waals surface area contributed by atoms with Crippen molar-refractivity contribution >= 4 is 28.0 Å². The van der Waals surface area contributed by atoms with Crippen LogP contribution in [0.4, 0.5) is 10.7 Å². The molecule has 0 unspecified atom stereocenters. The summed E-state index contributed by atoms with van der Waals surface area (Å²) in [6.07, 6.45) is 0.853. The topological polar surface area (TPSA) is 82.8 Å². The number of nitrogen functional groups attached to an aromatic ring is 1. The van der Waals surface area contributed by atoms with Crippen LogP contribution in [-0.2, 0) is 9.47 Å². The van der Waals surface area contributed by atoms with Gasteiger partial charge in [0.1, 0.15) is 15.6 Å². The van der Waals surface area contributed by atoms with Crippen LogP contribution in [-0.4, -0.2) is 39.9 Å². The molecule has 0 fully saturated rings. The van der Waals surface area contributed by atoms with Gasteiger partial charge in [0, 0.05) is 20.3 Å². The standard InChI is InChI=1S/C12H20N2O4S/c1-4-18-12(15)10-8(13)9(17-3)11(19-10)14-6-5-7-16-2/h14H,4-7,13H2,1-3H3. The lowest BCUT2D eigenvalue weighted by molar-refractivity contribution is 0.0533. The fraction of sp³-hybridized carbons (Fsp3) is 0.583. The molecule has 0 aliphatic heterocycles. The normalized spacial score (nSPS) is 10.3. The number of carbonyl (C=O) groups is 1. The fourth-order valence-electron chi connectivity index (χ4n) is 1.51. The Labute approximate surface area is 116 Å². The summed E-state index contributed by atoms with van der Waals surface area (Å²) >= 11 is 1.24. The second-order valence-corrected chi connectivity index (χ2v) is 4.72. The van der Waals surface area contributed by atoms with Crippen molar-refractivity contribution in [3.05, 3.63) is 4.88 Å². The third kappa shape index (κ3) is 4.00. The van der Waals surface area contributed by atoms with Crippen LogP contribution in [0.2, 0.25) is 0 Å². The van der Waals surface area contributed by atoms with E-state index in [1.807, 2.05) is 0 Å². The van der Waals surface area contributed by atoms with Gasteiger partial charge >= 0.3 is 5.97 Å². The highest BCUT2D eigenvalue weighted by Crippen LogP contribution is 2.42. The number of hydrogen-bond donors (Lipinski definition) is 2. The zero-order valence-electron chi connectivity index (χ0n) is 11.4. The average Bonchev–Trinajstić information content (AvgIpc) is 2.71. The molecule has 6 nitrogen and oxygen atoms in total. The second kappa shape index (κ2) is 7.85. The number of rotatable bonds is 8. The number of anilines is 2. The van der Waals surface area contributed by atoms with Crippen LogP contribution in [0.3, 0.4) is 0 Å². The molecule has 19 heavy (non-hydrogen) atoms. The molecule has 1 heterocycles. The lowest BCUT2D eigenvalue weighted by atomic mass is 10.3. The monoisotopic (exact) mass is 288 g/mol. The number of thiophene rings is 1. The summed E-state index contributed by atoms with van der Waals surface area (Å²) in [6, 6.07) is 0. The van der Waals surface area contributed by atoms with Crippen LogP contribution >= 0.6 is 11.3 Å². The van der Waals surface area contributed by atoms with E-state index in [9.17, 15) is 4.79 Å². The van der Waals surface area contributed by atoms with Gasteiger partial charge in [-0.05, 0) is 13.3 Å².